The third-order valence-corrected chi connectivity index (χ3v) is 3.94. The van der Waals surface area contributed by atoms with E-state index in [2.05, 4.69) is 23.7 Å². The smallest absolute Gasteiger partial charge is 0.255 e. The van der Waals surface area contributed by atoms with Crippen molar-refractivity contribution < 1.29 is 4.79 Å². The van der Waals surface area contributed by atoms with Gasteiger partial charge in [-0.15, -0.1) is 0 Å². The number of nitrogens with zero attached hydrogens (tertiary/aromatic N) is 3. The highest BCUT2D eigenvalue weighted by molar-refractivity contribution is 5.94. The molecule has 1 fully saturated rings. The molecule has 1 aliphatic rings. The normalized spacial score (nSPS) is 18.6. The van der Waals surface area contributed by atoms with Gasteiger partial charge in [-0.25, -0.2) is 4.98 Å². The van der Waals surface area contributed by atoms with Gasteiger partial charge in [0.1, 0.15) is 5.82 Å². The zero-order valence-corrected chi connectivity index (χ0v) is 13.1. The number of piperidine rings is 1. The van der Waals surface area contributed by atoms with E-state index >= 15 is 0 Å². The van der Waals surface area contributed by atoms with E-state index in [1.165, 1.54) is 0 Å². The monoisotopic (exact) mass is 290 g/mol. The summed E-state index contributed by atoms with van der Waals surface area (Å²) in [5.74, 6) is 0.981. The molecule has 0 bridgehead atoms. The van der Waals surface area contributed by atoms with Crippen molar-refractivity contribution in [3.8, 4) is 0 Å². The van der Waals surface area contributed by atoms with Crippen molar-refractivity contribution in [3.05, 3.63) is 23.9 Å². The largest absolute Gasteiger partial charge is 0.357 e. The van der Waals surface area contributed by atoms with Crippen LogP contribution in [-0.2, 0) is 0 Å². The molecule has 0 saturated carbocycles. The maximum atomic E-state index is 12.4. The van der Waals surface area contributed by atoms with Crippen molar-refractivity contribution in [2.75, 3.05) is 31.1 Å². The summed E-state index contributed by atoms with van der Waals surface area (Å²) in [6.07, 6.45) is 4.76. The van der Waals surface area contributed by atoms with Crippen LogP contribution in [0, 0.1) is 0 Å². The Bertz CT molecular complexity index is 460. The zero-order valence-electron chi connectivity index (χ0n) is 13.1. The second-order valence-electron chi connectivity index (χ2n) is 5.64. The maximum absolute atomic E-state index is 12.4. The number of anilines is 1. The summed E-state index contributed by atoms with van der Waals surface area (Å²) >= 11 is 0. The SMILES string of the molecule is CCCN(CC)c1ccc(C(=O)N2CCCC(N)C2)cn1. The molecular formula is C16H26N4O. The Morgan fingerprint density at radius 3 is 2.86 bits per heavy atom. The molecule has 5 nitrogen and oxygen atoms in total. The summed E-state index contributed by atoms with van der Waals surface area (Å²) in [6.45, 7) is 7.63. The number of carbonyl (C=O) groups excluding carboxylic acids is 1. The standard InChI is InChI=1S/C16H26N4O/c1-3-9-19(4-2)15-8-7-13(11-18-15)16(21)20-10-5-6-14(17)12-20/h7-8,11,14H,3-6,9-10,12,17H2,1-2H3. The number of likely N-dealkylation sites (tertiary alicyclic amines) is 1. The van der Waals surface area contributed by atoms with Crippen molar-refractivity contribution in [2.45, 2.75) is 39.2 Å². The van der Waals surface area contributed by atoms with E-state index in [0.717, 1.165) is 44.7 Å². The molecule has 0 radical (unpaired) electrons. The fraction of sp³-hybridized carbons (Fsp3) is 0.625. The summed E-state index contributed by atoms with van der Waals surface area (Å²) in [4.78, 5) is 20.9. The third-order valence-electron chi connectivity index (χ3n) is 3.94. The van der Waals surface area contributed by atoms with Crippen LogP contribution in [0.15, 0.2) is 18.3 Å². The lowest BCUT2D eigenvalue weighted by Crippen LogP contribution is -2.45. The Kier molecular flexibility index (Phi) is 5.56. The predicted molar refractivity (Wildman–Crippen MR) is 85.5 cm³/mol. The van der Waals surface area contributed by atoms with Gasteiger partial charge in [-0.1, -0.05) is 6.92 Å². The Balaban J connectivity index is 2.05. The zero-order chi connectivity index (χ0) is 15.2. The highest BCUT2D eigenvalue weighted by Crippen LogP contribution is 2.15. The lowest BCUT2D eigenvalue weighted by Gasteiger charge is -2.30. The first-order valence-corrected chi connectivity index (χ1v) is 7.91. The fourth-order valence-electron chi connectivity index (χ4n) is 2.78. The first-order valence-electron chi connectivity index (χ1n) is 7.91. The quantitative estimate of drug-likeness (QED) is 0.899. The molecule has 2 heterocycles. The number of rotatable bonds is 5. The first-order chi connectivity index (χ1) is 10.2. The van der Waals surface area contributed by atoms with Gasteiger partial charge in [0.2, 0.25) is 0 Å². The fourth-order valence-corrected chi connectivity index (χ4v) is 2.78. The number of pyridine rings is 1. The van der Waals surface area contributed by atoms with Gasteiger partial charge >= 0.3 is 0 Å². The van der Waals surface area contributed by atoms with E-state index in [4.69, 9.17) is 5.73 Å². The minimum absolute atomic E-state index is 0.0442. The van der Waals surface area contributed by atoms with Gasteiger partial charge < -0.3 is 15.5 Å². The number of amides is 1. The Labute approximate surface area is 127 Å². The van der Waals surface area contributed by atoms with E-state index in [0.29, 0.717) is 12.1 Å². The first kappa shape index (κ1) is 15.8. The lowest BCUT2D eigenvalue weighted by molar-refractivity contribution is 0.0708. The van der Waals surface area contributed by atoms with Crippen molar-refractivity contribution in [1.82, 2.24) is 9.88 Å². The van der Waals surface area contributed by atoms with E-state index in [1.807, 2.05) is 17.0 Å². The van der Waals surface area contributed by atoms with E-state index in [-0.39, 0.29) is 11.9 Å². The summed E-state index contributed by atoms with van der Waals surface area (Å²) in [6, 6.07) is 3.93. The second-order valence-corrected chi connectivity index (χ2v) is 5.64. The number of hydrogen-bond acceptors (Lipinski definition) is 4. The molecule has 2 N–H and O–H groups in total. The minimum Gasteiger partial charge on any atom is -0.357 e. The minimum atomic E-state index is 0.0442. The predicted octanol–water partition coefficient (Wildman–Crippen LogP) is 1.88. The Morgan fingerprint density at radius 1 is 1.48 bits per heavy atom. The molecule has 1 aromatic heterocycles. The van der Waals surface area contributed by atoms with Crippen molar-refractivity contribution in [2.24, 2.45) is 5.73 Å². The number of carbonyl (C=O) groups is 1. The van der Waals surface area contributed by atoms with Crippen LogP contribution >= 0.6 is 0 Å². The molecule has 2 rings (SSSR count). The van der Waals surface area contributed by atoms with Crippen LogP contribution in [0.1, 0.15) is 43.5 Å². The third kappa shape index (κ3) is 3.94. The number of nitrogens with two attached hydrogens (primary N) is 1. The molecule has 1 atom stereocenters. The number of hydrogen-bond donors (Lipinski definition) is 1. The van der Waals surface area contributed by atoms with Gasteiger partial charge in [0.25, 0.3) is 5.91 Å². The summed E-state index contributed by atoms with van der Waals surface area (Å²) in [5.41, 5.74) is 6.59. The molecule has 5 heteroatoms. The molecule has 1 amide bonds. The highest BCUT2D eigenvalue weighted by Gasteiger charge is 2.22. The van der Waals surface area contributed by atoms with E-state index in [1.54, 1.807) is 6.20 Å². The summed E-state index contributed by atoms with van der Waals surface area (Å²) in [7, 11) is 0. The van der Waals surface area contributed by atoms with Crippen LogP contribution in [0.2, 0.25) is 0 Å². The molecule has 21 heavy (non-hydrogen) atoms. The van der Waals surface area contributed by atoms with Crippen LogP contribution in [0.5, 0.6) is 0 Å². The van der Waals surface area contributed by atoms with Gasteiger partial charge in [0, 0.05) is 38.4 Å². The van der Waals surface area contributed by atoms with Gasteiger partial charge in [-0.05, 0) is 38.3 Å². The molecule has 0 spiro atoms. The highest BCUT2D eigenvalue weighted by atomic mass is 16.2. The average Bonchev–Trinajstić information content (AvgIpc) is 2.52. The van der Waals surface area contributed by atoms with E-state index < -0.39 is 0 Å². The Morgan fingerprint density at radius 2 is 2.29 bits per heavy atom. The van der Waals surface area contributed by atoms with Crippen LogP contribution in [0.25, 0.3) is 0 Å². The van der Waals surface area contributed by atoms with Crippen LogP contribution in [0.4, 0.5) is 5.82 Å². The number of aromatic nitrogens is 1. The summed E-state index contributed by atoms with van der Waals surface area (Å²) < 4.78 is 0. The molecular weight excluding hydrogens is 264 g/mol. The van der Waals surface area contributed by atoms with Gasteiger partial charge in [0.15, 0.2) is 0 Å². The summed E-state index contributed by atoms with van der Waals surface area (Å²) in [5, 5.41) is 0. The van der Waals surface area contributed by atoms with Crippen LogP contribution < -0.4 is 10.6 Å². The maximum Gasteiger partial charge on any atom is 0.255 e. The molecule has 0 aromatic carbocycles. The van der Waals surface area contributed by atoms with Gasteiger partial charge in [-0.3, -0.25) is 4.79 Å². The lowest BCUT2D eigenvalue weighted by atomic mass is 10.1. The second kappa shape index (κ2) is 7.41. The van der Waals surface area contributed by atoms with Gasteiger partial charge in [0.05, 0.1) is 5.56 Å². The molecule has 1 saturated heterocycles. The van der Waals surface area contributed by atoms with Crippen LogP contribution in [-0.4, -0.2) is 48.0 Å². The van der Waals surface area contributed by atoms with Crippen molar-refractivity contribution in [3.63, 3.8) is 0 Å². The van der Waals surface area contributed by atoms with Gasteiger partial charge in [-0.2, -0.15) is 0 Å². The van der Waals surface area contributed by atoms with Crippen molar-refractivity contribution in [1.29, 1.82) is 0 Å². The molecule has 1 aliphatic heterocycles. The molecule has 1 aromatic rings. The molecule has 0 aliphatic carbocycles. The Hall–Kier alpha value is -1.62. The average molecular weight is 290 g/mol. The molecule has 1 unspecified atom stereocenters. The molecule has 116 valence electrons. The van der Waals surface area contributed by atoms with E-state index in [9.17, 15) is 4.79 Å². The topological polar surface area (TPSA) is 62.5 Å². The van der Waals surface area contributed by atoms with Crippen molar-refractivity contribution >= 4 is 11.7 Å². The van der Waals surface area contributed by atoms with Crippen LogP contribution in [0.3, 0.4) is 0 Å².